The number of halogens is 2. The first-order chi connectivity index (χ1) is 16.3. The number of hydrogen-bond acceptors (Lipinski definition) is 2. The van der Waals surface area contributed by atoms with E-state index in [9.17, 15) is 14.3 Å². The molecule has 3 nitrogen and oxygen atoms in total. The summed E-state index contributed by atoms with van der Waals surface area (Å²) >= 11 is 6.21. The van der Waals surface area contributed by atoms with Crippen molar-refractivity contribution in [2.24, 2.45) is 0 Å². The van der Waals surface area contributed by atoms with Gasteiger partial charge in [0.15, 0.2) is 0 Å². The van der Waals surface area contributed by atoms with E-state index in [4.69, 9.17) is 11.6 Å². The number of allylic oxidation sites excluding steroid dienone is 2. The normalized spacial score (nSPS) is 13.4. The van der Waals surface area contributed by atoms with E-state index in [0.29, 0.717) is 10.7 Å². The zero-order valence-corrected chi connectivity index (χ0v) is 21.5. The van der Waals surface area contributed by atoms with Crippen molar-refractivity contribution in [3.8, 4) is 0 Å². The number of rotatable bonds is 9. The number of anilines is 1. The molecule has 0 amide bonds. The zero-order chi connectivity index (χ0) is 24.8. The molecule has 0 bridgehead atoms. The van der Waals surface area contributed by atoms with E-state index in [0.717, 1.165) is 40.7 Å². The maximum Gasteiger partial charge on any atom is 0.335 e. The average molecular weight is 498 g/mol. The van der Waals surface area contributed by atoms with Gasteiger partial charge in [-0.05, 0) is 94.2 Å². The highest BCUT2D eigenvalue weighted by atomic mass is 35.5. The van der Waals surface area contributed by atoms with Crippen LogP contribution in [0.5, 0.6) is 0 Å². The van der Waals surface area contributed by atoms with Gasteiger partial charge in [-0.15, -0.1) is 0 Å². The van der Waals surface area contributed by atoms with Crippen LogP contribution in [-0.4, -0.2) is 11.1 Å². The Balaban J connectivity index is 2.25. The summed E-state index contributed by atoms with van der Waals surface area (Å²) in [6, 6.07) is 18.4. The minimum Gasteiger partial charge on any atom is -0.478 e. The molecular weight excluding hydrogens is 468 g/mol. The van der Waals surface area contributed by atoms with E-state index in [2.05, 4.69) is 21.4 Å². The smallest absolute Gasteiger partial charge is 0.335 e. The van der Waals surface area contributed by atoms with Gasteiger partial charge in [0.05, 0.1) is 11.3 Å². The number of nitrogens with one attached hydrogen (secondary N) is 1. The molecule has 2 N–H and O–H groups in total. The second kappa shape index (κ2) is 11.6. The van der Waals surface area contributed by atoms with Gasteiger partial charge in [0, 0.05) is 16.5 Å². The topological polar surface area (TPSA) is 49.3 Å². The third kappa shape index (κ3) is 5.68. The summed E-state index contributed by atoms with van der Waals surface area (Å²) in [5.74, 6) is -1.32. The molecule has 3 rings (SSSR count). The number of aromatic carboxylic acids is 1. The van der Waals surface area contributed by atoms with Crippen molar-refractivity contribution >= 4 is 38.2 Å². The second-order valence-electron chi connectivity index (χ2n) is 8.41. The minimum atomic E-state index is -0.951. The summed E-state index contributed by atoms with van der Waals surface area (Å²) in [4.78, 5) is 11.4. The molecule has 0 aliphatic rings. The molecule has 3 unspecified atom stereocenters. The van der Waals surface area contributed by atoms with Crippen molar-refractivity contribution < 1.29 is 14.3 Å². The Morgan fingerprint density at radius 2 is 1.74 bits per heavy atom. The lowest BCUT2D eigenvalue weighted by Crippen LogP contribution is -2.15. The third-order valence-corrected chi connectivity index (χ3v) is 6.69. The van der Waals surface area contributed by atoms with E-state index < -0.39 is 5.97 Å². The summed E-state index contributed by atoms with van der Waals surface area (Å²) < 4.78 is 14.9. The molecular formula is C28H30ClFNO2P. The van der Waals surface area contributed by atoms with Crippen LogP contribution < -0.4 is 5.09 Å². The fourth-order valence-corrected chi connectivity index (χ4v) is 5.05. The first kappa shape index (κ1) is 25.9. The average Bonchev–Trinajstić information content (AvgIpc) is 2.82. The Hall–Kier alpha value is -2.68. The van der Waals surface area contributed by atoms with E-state index in [1.807, 2.05) is 62.4 Å². The molecule has 0 saturated heterocycles. The lowest BCUT2D eigenvalue weighted by atomic mass is 9.72. The predicted molar refractivity (Wildman–Crippen MR) is 143 cm³/mol. The Morgan fingerprint density at radius 1 is 1.12 bits per heavy atom. The van der Waals surface area contributed by atoms with Crippen molar-refractivity contribution in [2.75, 3.05) is 5.09 Å². The van der Waals surface area contributed by atoms with Gasteiger partial charge in [0.25, 0.3) is 0 Å². The fraction of sp³-hybridized carbons (Fsp3) is 0.250. The van der Waals surface area contributed by atoms with Gasteiger partial charge < -0.3 is 10.2 Å². The van der Waals surface area contributed by atoms with Gasteiger partial charge in [-0.2, -0.15) is 0 Å². The van der Waals surface area contributed by atoms with Gasteiger partial charge in [-0.3, -0.25) is 0 Å². The summed E-state index contributed by atoms with van der Waals surface area (Å²) in [6.45, 7) is 5.99. The summed E-state index contributed by atoms with van der Waals surface area (Å²) in [5, 5.41) is 13.0. The van der Waals surface area contributed by atoms with Crippen molar-refractivity contribution in [3.05, 3.63) is 105 Å². The molecule has 178 valence electrons. The molecule has 6 heteroatoms. The number of benzene rings is 3. The van der Waals surface area contributed by atoms with Crippen molar-refractivity contribution in [1.82, 2.24) is 0 Å². The third-order valence-electron chi connectivity index (χ3n) is 6.15. The lowest BCUT2D eigenvalue weighted by Gasteiger charge is -2.32. The van der Waals surface area contributed by atoms with Gasteiger partial charge in [0.1, 0.15) is 5.82 Å². The van der Waals surface area contributed by atoms with Crippen LogP contribution in [0.2, 0.25) is 5.02 Å². The highest BCUT2D eigenvalue weighted by Gasteiger charge is 2.30. The highest BCUT2D eigenvalue weighted by Crippen LogP contribution is 2.47. The van der Waals surface area contributed by atoms with E-state index in [1.165, 1.54) is 6.07 Å². The summed E-state index contributed by atoms with van der Waals surface area (Å²) in [7, 11) is 2.40. The summed E-state index contributed by atoms with van der Waals surface area (Å²) in [5.41, 5.74) is 5.43. The number of carboxylic acid groups (broad SMARTS) is 1. The molecule has 3 aromatic carbocycles. The second-order valence-corrected chi connectivity index (χ2v) is 9.13. The van der Waals surface area contributed by atoms with Crippen LogP contribution in [-0.2, 0) is 0 Å². The molecule has 34 heavy (non-hydrogen) atoms. The van der Waals surface area contributed by atoms with Crippen molar-refractivity contribution in [2.45, 2.75) is 45.4 Å². The minimum absolute atomic E-state index is 0.0427. The predicted octanol–water partition coefficient (Wildman–Crippen LogP) is 8.46. The Morgan fingerprint density at radius 3 is 2.26 bits per heavy atom. The van der Waals surface area contributed by atoms with Gasteiger partial charge >= 0.3 is 5.97 Å². The maximum absolute atomic E-state index is 14.9. The molecule has 0 fully saturated rings. The summed E-state index contributed by atoms with van der Waals surface area (Å²) in [6.07, 6.45) is 3.85. The van der Waals surface area contributed by atoms with E-state index in [1.54, 1.807) is 12.1 Å². The molecule has 0 saturated carbocycles. The Bertz CT molecular complexity index is 1180. The van der Waals surface area contributed by atoms with Crippen LogP contribution in [0.15, 0.2) is 66.7 Å². The highest BCUT2D eigenvalue weighted by molar-refractivity contribution is 7.18. The molecule has 0 aromatic heterocycles. The van der Waals surface area contributed by atoms with Gasteiger partial charge in [0.2, 0.25) is 0 Å². The number of carbonyl (C=O) groups is 1. The molecule has 0 spiro atoms. The van der Waals surface area contributed by atoms with E-state index >= 15 is 0 Å². The van der Waals surface area contributed by atoms with Crippen molar-refractivity contribution in [3.63, 3.8) is 0 Å². The molecule has 0 aliphatic carbocycles. The number of aryl methyl sites for hydroxylation is 1. The SMILES string of the molecule is CC=C(c1cc(C)cc(F)c1NP)C(c1ccc(Cl)cc1)C(CCC)c1ccc(C(=O)O)cc1. The Labute approximate surface area is 208 Å². The number of carboxylic acids is 1. The zero-order valence-electron chi connectivity index (χ0n) is 19.6. The van der Waals surface area contributed by atoms with E-state index in [-0.39, 0.29) is 23.2 Å². The molecule has 3 atom stereocenters. The van der Waals surface area contributed by atoms with Crippen LogP contribution in [0.1, 0.15) is 71.1 Å². The van der Waals surface area contributed by atoms with Crippen LogP contribution in [0.3, 0.4) is 0 Å². The van der Waals surface area contributed by atoms with Crippen LogP contribution in [0.25, 0.3) is 5.57 Å². The molecule has 0 aliphatic heterocycles. The van der Waals surface area contributed by atoms with Crippen LogP contribution in [0, 0.1) is 12.7 Å². The standard InChI is InChI=1S/C28H30ClFNO2P/c1-4-6-23(18-7-9-20(10-8-18)28(32)33)26(19-11-13-21(29)14-12-19)22(5-2)24-15-17(3)16-25(30)27(24)31-34/h5,7-16,23,26,31H,4,6,34H2,1-3H3,(H,32,33). The Kier molecular flexibility index (Phi) is 8.88. The largest absolute Gasteiger partial charge is 0.478 e. The molecule has 0 heterocycles. The molecule has 0 radical (unpaired) electrons. The van der Waals surface area contributed by atoms with Crippen LogP contribution >= 0.6 is 21.0 Å². The first-order valence-electron chi connectivity index (χ1n) is 11.3. The molecule has 3 aromatic rings. The number of hydrogen-bond donors (Lipinski definition) is 2. The monoisotopic (exact) mass is 497 g/mol. The van der Waals surface area contributed by atoms with Gasteiger partial charge in [-0.25, -0.2) is 9.18 Å². The first-order valence-corrected chi connectivity index (χ1v) is 12.3. The van der Waals surface area contributed by atoms with Crippen LogP contribution in [0.4, 0.5) is 10.1 Å². The fourth-order valence-electron chi connectivity index (χ4n) is 4.63. The lowest BCUT2D eigenvalue weighted by molar-refractivity contribution is 0.0697. The van der Waals surface area contributed by atoms with Gasteiger partial charge in [-0.1, -0.05) is 55.3 Å². The maximum atomic E-state index is 14.9. The quantitative estimate of drug-likeness (QED) is 0.291. The van der Waals surface area contributed by atoms with Crippen molar-refractivity contribution in [1.29, 1.82) is 0 Å².